The predicted octanol–water partition coefficient (Wildman–Crippen LogP) is 4.96. The Labute approximate surface area is 120 Å². The molecule has 1 fully saturated rings. The molecule has 1 aromatic rings. The molecular weight excluding hydrogens is 261 g/mol. The molecule has 1 aliphatic carbocycles. The highest BCUT2D eigenvalue weighted by molar-refractivity contribution is 6.30. The van der Waals surface area contributed by atoms with Gasteiger partial charge in [0.15, 0.2) is 0 Å². The first-order valence-corrected chi connectivity index (χ1v) is 7.65. The van der Waals surface area contributed by atoms with E-state index in [2.05, 4.69) is 12.2 Å². The molecule has 0 spiro atoms. The summed E-state index contributed by atoms with van der Waals surface area (Å²) in [4.78, 5) is 0. The fraction of sp³-hybridized carbons (Fsp3) is 0.625. The molecule has 2 rings (SSSR count). The van der Waals surface area contributed by atoms with Crippen LogP contribution >= 0.6 is 11.6 Å². The largest absolute Gasteiger partial charge is 0.313 e. The van der Waals surface area contributed by atoms with Crippen LogP contribution in [0.5, 0.6) is 0 Å². The smallest absolute Gasteiger partial charge is 0.128 e. The van der Waals surface area contributed by atoms with E-state index in [-0.39, 0.29) is 11.9 Å². The Kier molecular flexibility index (Phi) is 5.23. The fourth-order valence-corrected chi connectivity index (χ4v) is 3.58. The van der Waals surface area contributed by atoms with Gasteiger partial charge < -0.3 is 5.32 Å². The van der Waals surface area contributed by atoms with Crippen LogP contribution in [0.3, 0.4) is 0 Å². The second-order valence-electron chi connectivity index (χ2n) is 5.63. The van der Waals surface area contributed by atoms with Crippen LogP contribution in [0.2, 0.25) is 5.02 Å². The monoisotopic (exact) mass is 283 g/mol. The van der Waals surface area contributed by atoms with Crippen molar-refractivity contribution in [1.82, 2.24) is 5.32 Å². The Morgan fingerprint density at radius 2 is 2.21 bits per heavy atom. The maximum Gasteiger partial charge on any atom is 0.128 e. The molecule has 3 atom stereocenters. The van der Waals surface area contributed by atoms with Crippen molar-refractivity contribution in [3.63, 3.8) is 0 Å². The number of hydrogen-bond donors (Lipinski definition) is 1. The Hall–Kier alpha value is -0.600. The van der Waals surface area contributed by atoms with E-state index in [1.165, 1.54) is 38.2 Å². The molecule has 0 aliphatic heterocycles. The molecule has 3 heteroatoms. The van der Waals surface area contributed by atoms with Crippen LogP contribution in [0, 0.1) is 17.7 Å². The lowest BCUT2D eigenvalue weighted by Gasteiger charge is -2.34. The van der Waals surface area contributed by atoms with Crippen LogP contribution in [0.1, 0.15) is 50.6 Å². The lowest BCUT2D eigenvalue weighted by atomic mass is 9.75. The molecule has 1 nitrogen and oxygen atoms in total. The van der Waals surface area contributed by atoms with Gasteiger partial charge in [-0.2, -0.15) is 0 Å². The zero-order valence-corrected chi connectivity index (χ0v) is 12.5. The summed E-state index contributed by atoms with van der Waals surface area (Å²) in [6, 6.07) is 4.94. The predicted molar refractivity (Wildman–Crippen MR) is 78.9 cm³/mol. The summed E-state index contributed by atoms with van der Waals surface area (Å²) in [5, 5.41) is 3.91. The first-order valence-electron chi connectivity index (χ1n) is 7.28. The van der Waals surface area contributed by atoms with Gasteiger partial charge in [0.2, 0.25) is 0 Å². The van der Waals surface area contributed by atoms with Gasteiger partial charge in [-0.1, -0.05) is 37.8 Å². The Balaban J connectivity index is 2.21. The maximum atomic E-state index is 14.0. The standard InChI is InChI=1S/C16H23ClFN/c1-3-11-5-4-6-12(9-11)16(19-2)14-10-13(17)7-8-15(14)18/h7-8,10-12,16,19H,3-6,9H2,1-2H3. The van der Waals surface area contributed by atoms with Crippen LogP contribution in [0.25, 0.3) is 0 Å². The zero-order chi connectivity index (χ0) is 13.8. The lowest BCUT2D eigenvalue weighted by Crippen LogP contribution is -2.30. The molecule has 0 bridgehead atoms. The second kappa shape index (κ2) is 6.71. The van der Waals surface area contributed by atoms with Gasteiger partial charge in [0.05, 0.1) is 0 Å². The van der Waals surface area contributed by atoms with E-state index >= 15 is 0 Å². The minimum atomic E-state index is -0.151. The van der Waals surface area contributed by atoms with Crippen molar-refractivity contribution < 1.29 is 4.39 Å². The minimum absolute atomic E-state index is 0.0769. The Morgan fingerprint density at radius 3 is 2.89 bits per heavy atom. The lowest BCUT2D eigenvalue weighted by molar-refractivity contribution is 0.212. The van der Waals surface area contributed by atoms with Crippen molar-refractivity contribution in [2.24, 2.45) is 11.8 Å². The van der Waals surface area contributed by atoms with E-state index in [0.29, 0.717) is 10.9 Å². The quantitative estimate of drug-likeness (QED) is 0.824. The SMILES string of the molecule is CCC1CCCC(C(NC)c2cc(Cl)ccc2F)C1. The Bertz CT molecular complexity index is 421. The van der Waals surface area contributed by atoms with Crippen molar-refractivity contribution in [3.05, 3.63) is 34.6 Å². The van der Waals surface area contributed by atoms with Gasteiger partial charge in [0.1, 0.15) is 5.82 Å². The second-order valence-corrected chi connectivity index (χ2v) is 6.07. The maximum absolute atomic E-state index is 14.0. The average Bonchev–Trinajstić information content (AvgIpc) is 2.44. The summed E-state index contributed by atoms with van der Waals surface area (Å²) in [6.45, 7) is 2.25. The molecule has 1 aliphatic rings. The number of hydrogen-bond acceptors (Lipinski definition) is 1. The molecule has 0 radical (unpaired) electrons. The molecule has 3 unspecified atom stereocenters. The van der Waals surface area contributed by atoms with Crippen molar-refractivity contribution in [2.45, 2.75) is 45.1 Å². The van der Waals surface area contributed by atoms with E-state index < -0.39 is 0 Å². The summed E-state index contributed by atoms with van der Waals surface area (Å²) in [5.74, 6) is 1.15. The van der Waals surface area contributed by atoms with E-state index in [0.717, 1.165) is 11.5 Å². The normalized spacial score (nSPS) is 25.3. The van der Waals surface area contributed by atoms with Crippen LogP contribution in [0.15, 0.2) is 18.2 Å². The van der Waals surface area contributed by atoms with Crippen LogP contribution in [-0.4, -0.2) is 7.05 Å². The summed E-state index contributed by atoms with van der Waals surface area (Å²) >= 11 is 6.02. The molecule has 0 saturated heterocycles. The molecule has 1 aromatic carbocycles. The highest BCUT2D eigenvalue weighted by Gasteiger charge is 2.29. The number of rotatable bonds is 4. The number of benzene rings is 1. The summed E-state index contributed by atoms with van der Waals surface area (Å²) in [6.07, 6.45) is 6.16. The summed E-state index contributed by atoms with van der Waals surface area (Å²) in [7, 11) is 1.92. The molecule has 0 amide bonds. The topological polar surface area (TPSA) is 12.0 Å². The van der Waals surface area contributed by atoms with Gasteiger partial charge in [-0.15, -0.1) is 0 Å². The van der Waals surface area contributed by atoms with Gasteiger partial charge in [-0.25, -0.2) is 4.39 Å². The molecule has 0 heterocycles. The van der Waals surface area contributed by atoms with Crippen molar-refractivity contribution in [2.75, 3.05) is 7.05 Å². The van der Waals surface area contributed by atoms with Crippen LogP contribution in [-0.2, 0) is 0 Å². The highest BCUT2D eigenvalue weighted by atomic mass is 35.5. The van der Waals surface area contributed by atoms with Gasteiger partial charge in [0.25, 0.3) is 0 Å². The fourth-order valence-electron chi connectivity index (χ4n) is 3.40. The van der Waals surface area contributed by atoms with Crippen molar-refractivity contribution in [3.8, 4) is 0 Å². The highest BCUT2D eigenvalue weighted by Crippen LogP contribution is 2.39. The summed E-state index contributed by atoms with van der Waals surface area (Å²) in [5.41, 5.74) is 0.719. The summed E-state index contributed by atoms with van der Waals surface area (Å²) < 4.78 is 14.0. The zero-order valence-electron chi connectivity index (χ0n) is 11.8. The van der Waals surface area contributed by atoms with Gasteiger partial charge in [0, 0.05) is 16.6 Å². The molecule has 1 N–H and O–H groups in total. The van der Waals surface area contributed by atoms with Crippen LogP contribution < -0.4 is 5.32 Å². The molecule has 19 heavy (non-hydrogen) atoms. The van der Waals surface area contributed by atoms with E-state index in [4.69, 9.17) is 11.6 Å². The van der Waals surface area contributed by atoms with Gasteiger partial charge in [-0.3, -0.25) is 0 Å². The minimum Gasteiger partial charge on any atom is -0.313 e. The van der Waals surface area contributed by atoms with Crippen LogP contribution in [0.4, 0.5) is 4.39 Å². The first kappa shape index (κ1) is 14.8. The van der Waals surface area contributed by atoms with Crippen molar-refractivity contribution in [1.29, 1.82) is 0 Å². The van der Waals surface area contributed by atoms with E-state index in [1.807, 2.05) is 7.05 Å². The first-order chi connectivity index (χ1) is 9.15. The third-order valence-corrected chi connectivity index (χ3v) is 4.71. The number of halogens is 2. The van der Waals surface area contributed by atoms with Gasteiger partial charge >= 0.3 is 0 Å². The van der Waals surface area contributed by atoms with E-state index in [9.17, 15) is 4.39 Å². The van der Waals surface area contributed by atoms with Crippen molar-refractivity contribution >= 4 is 11.6 Å². The molecule has 1 saturated carbocycles. The van der Waals surface area contributed by atoms with Gasteiger partial charge in [-0.05, 0) is 49.9 Å². The Morgan fingerprint density at radius 1 is 1.42 bits per heavy atom. The average molecular weight is 284 g/mol. The molecule has 106 valence electrons. The molecule has 0 aromatic heterocycles. The van der Waals surface area contributed by atoms with E-state index in [1.54, 1.807) is 12.1 Å². The third kappa shape index (κ3) is 3.49. The molecular formula is C16H23ClFN. The third-order valence-electron chi connectivity index (χ3n) is 4.48. The number of nitrogens with one attached hydrogen (secondary N) is 1.